The fraction of sp³-hybridized carbons (Fsp3) is 0.800. The Labute approximate surface area is 106 Å². The Kier molecular flexibility index (Phi) is 4.55. The number of hydrogen-bond donors (Lipinski definition) is 2. The molecule has 0 aliphatic carbocycles. The van der Waals surface area contributed by atoms with E-state index >= 15 is 0 Å². The van der Waals surface area contributed by atoms with Crippen LogP contribution in [0.15, 0.2) is 0 Å². The molecule has 104 valence electrons. The topological polar surface area (TPSA) is 104 Å². The van der Waals surface area contributed by atoms with Crippen LogP contribution in [-0.4, -0.2) is 61.1 Å². The molecule has 2 unspecified atom stereocenters. The normalized spacial score (nSPS) is 21.7. The monoisotopic (exact) mass is 278 g/mol. The summed E-state index contributed by atoms with van der Waals surface area (Å²) in [5, 5.41) is 11.4. The first-order valence-electron chi connectivity index (χ1n) is 5.68. The predicted molar refractivity (Wildman–Crippen MR) is 65.1 cm³/mol. The van der Waals surface area contributed by atoms with E-state index in [0.717, 1.165) is 6.26 Å². The molecule has 8 heteroatoms. The number of carboxylic acid groups (broad SMARTS) is 1. The van der Waals surface area contributed by atoms with Gasteiger partial charge in [0, 0.05) is 18.8 Å². The zero-order valence-corrected chi connectivity index (χ0v) is 11.2. The first-order valence-corrected chi connectivity index (χ1v) is 7.74. The van der Waals surface area contributed by atoms with Crippen molar-refractivity contribution in [3.63, 3.8) is 0 Å². The van der Waals surface area contributed by atoms with Crippen LogP contribution in [0, 0.1) is 0 Å². The minimum absolute atomic E-state index is 0.162. The highest BCUT2D eigenvalue weighted by atomic mass is 32.2. The van der Waals surface area contributed by atoms with Crippen LogP contribution in [0.1, 0.15) is 19.8 Å². The van der Waals surface area contributed by atoms with Crippen molar-refractivity contribution >= 4 is 21.8 Å². The highest BCUT2D eigenvalue weighted by Crippen LogP contribution is 2.17. The summed E-state index contributed by atoms with van der Waals surface area (Å²) in [4.78, 5) is 24.0. The number of rotatable bonds is 4. The number of nitrogens with one attached hydrogen (secondary N) is 1. The van der Waals surface area contributed by atoms with Crippen molar-refractivity contribution in [2.45, 2.75) is 31.8 Å². The van der Waals surface area contributed by atoms with Gasteiger partial charge in [0.15, 0.2) is 0 Å². The van der Waals surface area contributed by atoms with Gasteiger partial charge >= 0.3 is 12.0 Å². The van der Waals surface area contributed by atoms with Crippen LogP contribution >= 0.6 is 0 Å². The lowest BCUT2D eigenvalue weighted by Gasteiger charge is -2.24. The molecule has 18 heavy (non-hydrogen) atoms. The minimum Gasteiger partial charge on any atom is -0.480 e. The summed E-state index contributed by atoms with van der Waals surface area (Å²) in [6.45, 7) is 1.96. The second-order valence-corrected chi connectivity index (χ2v) is 6.82. The molecule has 0 bridgehead atoms. The van der Waals surface area contributed by atoms with E-state index in [1.165, 1.54) is 4.90 Å². The Morgan fingerprint density at radius 2 is 2.11 bits per heavy atom. The molecular formula is C10H18N2O5S. The van der Waals surface area contributed by atoms with Crippen LogP contribution in [0.25, 0.3) is 0 Å². The zero-order valence-electron chi connectivity index (χ0n) is 10.4. The lowest BCUT2D eigenvalue weighted by atomic mass is 10.2. The van der Waals surface area contributed by atoms with E-state index in [1.807, 2.05) is 0 Å². The van der Waals surface area contributed by atoms with E-state index in [1.54, 1.807) is 6.92 Å². The van der Waals surface area contributed by atoms with Crippen molar-refractivity contribution in [1.29, 1.82) is 0 Å². The molecule has 0 spiro atoms. The molecule has 2 atom stereocenters. The van der Waals surface area contributed by atoms with Gasteiger partial charge in [0.1, 0.15) is 15.9 Å². The molecule has 1 aliphatic rings. The highest BCUT2D eigenvalue weighted by Gasteiger charge is 2.34. The van der Waals surface area contributed by atoms with E-state index in [-0.39, 0.29) is 5.75 Å². The van der Waals surface area contributed by atoms with Crippen molar-refractivity contribution in [1.82, 2.24) is 10.2 Å². The number of carbonyl (C=O) groups is 2. The van der Waals surface area contributed by atoms with E-state index in [4.69, 9.17) is 5.11 Å². The van der Waals surface area contributed by atoms with Crippen molar-refractivity contribution in [3.05, 3.63) is 0 Å². The van der Waals surface area contributed by atoms with Gasteiger partial charge in [-0.05, 0) is 19.8 Å². The van der Waals surface area contributed by atoms with Crippen molar-refractivity contribution < 1.29 is 23.1 Å². The summed E-state index contributed by atoms with van der Waals surface area (Å²) in [6, 6.07) is -1.87. The maximum atomic E-state index is 11.8. The van der Waals surface area contributed by atoms with Gasteiger partial charge in [-0.3, -0.25) is 0 Å². The summed E-state index contributed by atoms with van der Waals surface area (Å²) in [7, 11) is -3.17. The van der Waals surface area contributed by atoms with Gasteiger partial charge in [-0.15, -0.1) is 0 Å². The minimum atomic E-state index is -3.17. The molecule has 1 saturated heterocycles. The fourth-order valence-electron chi connectivity index (χ4n) is 2.06. The smallest absolute Gasteiger partial charge is 0.326 e. The predicted octanol–water partition coefficient (Wildman–Crippen LogP) is -0.322. The van der Waals surface area contributed by atoms with Crippen LogP contribution in [0.4, 0.5) is 4.79 Å². The second-order valence-electron chi connectivity index (χ2n) is 4.63. The summed E-state index contributed by atoms with van der Waals surface area (Å²) < 4.78 is 22.1. The lowest BCUT2D eigenvalue weighted by molar-refractivity contribution is -0.141. The number of carbonyl (C=O) groups excluding carboxylic acids is 1. The summed E-state index contributed by atoms with van der Waals surface area (Å²) in [6.07, 6.45) is 2.17. The number of sulfone groups is 1. The molecule has 0 saturated carbocycles. The summed E-state index contributed by atoms with van der Waals surface area (Å²) in [5.41, 5.74) is 0. The maximum absolute atomic E-state index is 11.8. The molecule has 0 aromatic heterocycles. The Bertz CT molecular complexity index is 434. The molecule has 1 aliphatic heterocycles. The average molecular weight is 278 g/mol. The Hall–Kier alpha value is -1.31. The first-order chi connectivity index (χ1) is 8.20. The molecule has 0 radical (unpaired) electrons. The summed E-state index contributed by atoms with van der Waals surface area (Å²) >= 11 is 0. The highest BCUT2D eigenvalue weighted by molar-refractivity contribution is 7.90. The van der Waals surface area contributed by atoms with Crippen molar-refractivity contribution in [2.75, 3.05) is 18.6 Å². The van der Waals surface area contributed by atoms with E-state index in [9.17, 15) is 18.0 Å². The zero-order chi connectivity index (χ0) is 13.9. The summed E-state index contributed by atoms with van der Waals surface area (Å²) in [5.74, 6) is -1.19. The fourth-order valence-corrected chi connectivity index (χ4v) is 3.05. The standard InChI is InChI=1S/C10H18N2O5S/c1-7(6-18(2,16)17)11-10(15)12-5-3-4-8(12)9(13)14/h7-8H,3-6H2,1-2H3,(H,11,15)(H,13,14). The van der Waals surface area contributed by atoms with Crippen molar-refractivity contribution in [2.24, 2.45) is 0 Å². The third kappa shape index (κ3) is 4.17. The number of likely N-dealkylation sites (tertiary alicyclic amines) is 1. The average Bonchev–Trinajstić information content (AvgIpc) is 2.61. The molecular weight excluding hydrogens is 260 g/mol. The number of hydrogen-bond acceptors (Lipinski definition) is 4. The van der Waals surface area contributed by atoms with Gasteiger partial charge in [-0.25, -0.2) is 18.0 Å². The molecule has 2 N–H and O–H groups in total. The first kappa shape index (κ1) is 14.7. The Morgan fingerprint density at radius 3 is 2.61 bits per heavy atom. The number of nitrogens with zero attached hydrogens (tertiary/aromatic N) is 1. The van der Waals surface area contributed by atoms with Gasteiger partial charge in [-0.1, -0.05) is 0 Å². The Balaban J connectivity index is 2.57. The number of carboxylic acids is 1. The van der Waals surface area contributed by atoms with E-state index < -0.39 is 33.9 Å². The van der Waals surface area contributed by atoms with Gasteiger partial charge in [0.05, 0.1) is 5.75 Å². The Morgan fingerprint density at radius 1 is 1.50 bits per heavy atom. The van der Waals surface area contributed by atoms with Gasteiger partial charge in [-0.2, -0.15) is 0 Å². The van der Waals surface area contributed by atoms with Crippen LogP contribution in [0.2, 0.25) is 0 Å². The lowest BCUT2D eigenvalue weighted by Crippen LogP contribution is -2.49. The molecule has 1 fully saturated rings. The number of aliphatic carboxylic acids is 1. The molecule has 2 amide bonds. The van der Waals surface area contributed by atoms with Gasteiger partial charge in [0.25, 0.3) is 0 Å². The molecule has 1 rings (SSSR count). The van der Waals surface area contributed by atoms with E-state index in [0.29, 0.717) is 19.4 Å². The van der Waals surface area contributed by atoms with Gasteiger partial charge < -0.3 is 15.3 Å². The van der Waals surface area contributed by atoms with Crippen molar-refractivity contribution in [3.8, 4) is 0 Å². The van der Waals surface area contributed by atoms with Gasteiger partial charge in [0.2, 0.25) is 0 Å². The molecule has 0 aromatic carbocycles. The van der Waals surface area contributed by atoms with E-state index in [2.05, 4.69) is 5.32 Å². The third-order valence-corrected chi connectivity index (χ3v) is 3.83. The molecule has 0 aromatic rings. The maximum Gasteiger partial charge on any atom is 0.326 e. The van der Waals surface area contributed by atoms with Crippen LogP contribution in [0.3, 0.4) is 0 Å². The number of amides is 2. The molecule has 1 heterocycles. The van der Waals surface area contributed by atoms with Crippen LogP contribution in [0.5, 0.6) is 0 Å². The second kappa shape index (κ2) is 5.55. The number of urea groups is 1. The molecule has 7 nitrogen and oxygen atoms in total. The quantitative estimate of drug-likeness (QED) is 0.733. The largest absolute Gasteiger partial charge is 0.480 e. The SMILES string of the molecule is CC(CS(C)(=O)=O)NC(=O)N1CCCC1C(=O)O. The van der Waals surface area contributed by atoms with Crippen LogP contribution in [-0.2, 0) is 14.6 Å². The van der Waals surface area contributed by atoms with Crippen LogP contribution < -0.4 is 5.32 Å². The third-order valence-electron chi connectivity index (χ3n) is 2.72.